The van der Waals surface area contributed by atoms with E-state index in [1.165, 1.54) is 11.1 Å². The summed E-state index contributed by atoms with van der Waals surface area (Å²) in [6, 6.07) is 10.6. The lowest BCUT2D eigenvalue weighted by Crippen LogP contribution is -2.33. The Balaban J connectivity index is 0.000000847. The van der Waals surface area contributed by atoms with E-state index in [9.17, 15) is 0 Å². The zero-order chi connectivity index (χ0) is 15.6. The van der Waals surface area contributed by atoms with Crippen molar-refractivity contribution in [3.8, 4) is 0 Å². The molecule has 3 rings (SSSR count). The molecule has 0 aromatic heterocycles. The van der Waals surface area contributed by atoms with Crippen LogP contribution in [-0.4, -0.2) is 19.2 Å². The normalized spacial score (nSPS) is 19.8. The highest BCUT2D eigenvalue weighted by Crippen LogP contribution is 2.31. The van der Waals surface area contributed by atoms with Gasteiger partial charge in [-0.2, -0.15) is 0 Å². The molecule has 2 nitrogen and oxygen atoms in total. The first kappa shape index (κ1) is 17.0. The number of allylic oxidation sites excluding steroid dienone is 2. The second kappa shape index (κ2) is 9.60. The van der Waals surface area contributed by atoms with Crippen LogP contribution in [-0.2, 0) is 4.74 Å². The highest BCUT2D eigenvalue weighted by Gasteiger charge is 2.22. The molecular weight excluding hydrogens is 270 g/mol. The lowest BCUT2D eigenvalue weighted by atomic mass is 9.96. The average Bonchev–Trinajstić information content (AvgIpc) is 2.64. The van der Waals surface area contributed by atoms with Gasteiger partial charge in [-0.25, -0.2) is 0 Å². The summed E-state index contributed by atoms with van der Waals surface area (Å²) in [5.41, 5.74) is 2.59. The molecule has 1 atom stereocenters. The number of ether oxygens (including phenoxy) is 1. The van der Waals surface area contributed by atoms with Gasteiger partial charge in [-0.15, -0.1) is 0 Å². The van der Waals surface area contributed by atoms with Crippen LogP contribution in [0.3, 0.4) is 0 Å². The maximum Gasteiger partial charge on any atom is 0.108 e. The van der Waals surface area contributed by atoms with E-state index in [1.807, 2.05) is 13.8 Å². The van der Waals surface area contributed by atoms with Gasteiger partial charge < -0.3 is 10.1 Å². The highest BCUT2D eigenvalue weighted by molar-refractivity contribution is 5.34. The minimum Gasteiger partial charge on any atom is -0.365 e. The molecule has 120 valence electrons. The van der Waals surface area contributed by atoms with Crippen LogP contribution >= 0.6 is 0 Å². The third-order valence-corrected chi connectivity index (χ3v) is 4.04. The van der Waals surface area contributed by atoms with Crippen molar-refractivity contribution in [3.63, 3.8) is 0 Å². The topological polar surface area (TPSA) is 21.3 Å². The quantitative estimate of drug-likeness (QED) is 0.862. The van der Waals surface area contributed by atoms with Crippen LogP contribution in [0, 0.1) is 0 Å². The van der Waals surface area contributed by atoms with Crippen molar-refractivity contribution >= 4 is 0 Å². The van der Waals surface area contributed by atoms with Crippen molar-refractivity contribution in [2.24, 2.45) is 0 Å². The van der Waals surface area contributed by atoms with E-state index in [1.54, 1.807) is 0 Å². The van der Waals surface area contributed by atoms with E-state index in [2.05, 4.69) is 53.9 Å². The molecule has 1 fully saturated rings. The standard InChI is InChI=1S/C18H23NO.C2H6/c1-3-7-15(8-4-1)18(16-9-5-2-6-10-16)20-17-11-13-19-14-12-17;1-2/h1,3-5,7-10,17-19H,2,6,11-14H2;1-2H3. The number of rotatable bonds is 4. The molecule has 1 aliphatic heterocycles. The summed E-state index contributed by atoms with van der Waals surface area (Å²) in [7, 11) is 0. The van der Waals surface area contributed by atoms with Crippen LogP contribution in [0.5, 0.6) is 0 Å². The molecule has 1 heterocycles. The molecule has 22 heavy (non-hydrogen) atoms. The van der Waals surface area contributed by atoms with Crippen molar-refractivity contribution in [1.82, 2.24) is 5.32 Å². The lowest BCUT2D eigenvalue weighted by Gasteiger charge is -2.29. The first-order valence-electron chi connectivity index (χ1n) is 8.71. The molecule has 2 heteroatoms. The van der Waals surface area contributed by atoms with E-state index >= 15 is 0 Å². The second-order valence-corrected chi connectivity index (χ2v) is 5.56. The van der Waals surface area contributed by atoms with Crippen LogP contribution in [0.15, 0.2) is 54.1 Å². The fourth-order valence-electron chi connectivity index (χ4n) is 2.93. The molecule has 0 radical (unpaired) electrons. The van der Waals surface area contributed by atoms with E-state index in [-0.39, 0.29) is 6.10 Å². The van der Waals surface area contributed by atoms with Crippen molar-refractivity contribution in [2.45, 2.75) is 51.7 Å². The van der Waals surface area contributed by atoms with Gasteiger partial charge in [0, 0.05) is 0 Å². The fourth-order valence-corrected chi connectivity index (χ4v) is 2.93. The van der Waals surface area contributed by atoms with Gasteiger partial charge in [0.05, 0.1) is 6.10 Å². The number of nitrogens with one attached hydrogen (secondary N) is 1. The van der Waals surface area contributed by atoms with Gasteiger partial charge in [-0.3, -0.25) is 0 Å². The fraction of sp³-hybridized carbons (Fsp3) is 0.500. The summed E-state index contributed by atoms with van der Waals surface area (Å²) in [6.07, 6.45) is 11.8. The SMILES string of the molecule is C1=CC(C(OC2CCNCC2)c2ccccc2)=CCC1.CC. The van der Waals surface area contributed by atoms with E-state index < -0.39 is 0 Å². The van der Waals surface area contributed by atoms with Crippen LogP contribution in [0.25, 0.3) is 0 Å². The van der Waals surface area contributed by atoms with Gasteiger partial charge in [0.25, 0.3) is 0 Å². The molecule has 1 saturated heterocycles. The van der Waals surface area contributed by atoms with Crippen molar-refractivity contribution < 1.29 is 4.74 Å². The largest absolute Gasteiger partial charge is 0.365 e. The Hall–Kier alpha value is -1.38. The number of piperidine rings is 1. The summed E-state index contributed by atoms with van der Waals surface area (Å²) >= 11 is 0. The van der Waals surface area contributed by atoms with Gasteiger partial charge in [0.15, 0.2) is 0 Å². The maximum atomic E-state index is 6.46. The summed E-state index contributed by atoms with van der Waals surface area (Å²) in [6.45, 7) is 6.14. The van der Waals surface area contributed by atoms with E-state index in [0.717, 1.165) is 38.8 Å². The smallest absolute Gasteiger partial charge is 0.108 e. The number of hydrogen-bond donors (Lipinski definition) is 1. The minimum atomic E-state index is 0.0934. The van der Waals surface area contributed by atoms with E-state index in [0.29, 0.717) is 6.10 Å². The number of hydrogen-bond acceptors (Lipinski definition) is 2. The predicted molar refractivity (Wildman–Crippen MR) is 94.0 cm³/mol. The molecule has 1 aliphatic carbocycles. The van der Waals surface area contributed by atoms with Gasteiger partial charge in [0.1, 0.15) is 6.10 Å². The zero-order valence-corrected chi connectivity index (χ0v) is 13.9. The Morgan fingerprint density at radius 2 is 1.77 bits per heavy atom. The monoisotopic (exact) mass is 299 g/mol. The Kier molecular flexibility index (Phi) is 7.41. The average molecular weight is 299 g/mol. The molecule has 1 N–H and O–H groups in total. The molecule has 0 bridgehead atoms. The van der Waals surface area contributed by atoms with Gasteiger partial charge in [-0.1, -0.05) is 62.4 Å². The minimum absolute atomic E-state index is 0.0934. The second-order valence-electron chi connectivity index (χ2n) is 5.56. The molecular formula is C20H29NO. The van der Waals surface area contributed by atoms with Crippen LogP contribution < -0.4 is 5.32 Å². The van der Waals surface area contributed by atoms with E-state index in [4.69, 9.17) is 4.74 Å². The van der Waals surface area contributed by atoms with Crippen LogP contribution in [0.1, 0.15) is 51.2 Å². The van der Waals surface area contributed by atoms with Crippen LogP contribution in [0.4, 0.5) is 0 Å². The van der Waals surface area contributed by atoms with Gasteiger partial charge >= 0.3 is 0 Å². The third-order valence-electron chi connectivity index (χ3n) is 4.04. The Bertz CT molecular complexity index is 472. The molecule has 0 amide bonds. The molecule has 0 spiro atoms. The zero-order valence-electron chi connectivity index (χ0n) is 13.9. The van der Waals surface area contributed by atoms with Gasteiger partial charge in [0.2, 0.25) is 0 Å². The molecule has 1 aromatic carbocycles. The summed E-state index contributed by atoms with van der Waals surface area (Å²) in [5.74, 6) is 0. The maximum absolute atomic E-state index is 6.46. The van der Waals surface area contributed by atoms with Crippen LogP contribution in [0.2, 0.25) is 0 Å². The Morgan fingerprint density at radius 1 is 1.05 bits per heavy atom. The number of benzene rings is 1. The van der Waals surface area contributed by atoms with Crippen molar-refractivity contribution in [3.05, 3.63) is 59.7 Å². The van der Waals surface area contributed by atoms with Gasteiger partial charge in [-0.05, 0) is 49.9 Å². The highest BCUT2D eigenvalue weighted by atomic mass is 16.5. The van der Waals surface area contributed by atoms with Crippen molar-refractivity contribution in [2.75, 3.05) is 13.1 Å². The summed E-state index contributed by atoms with van der Waals surface area (Å²) in [5, 5.41) is 3.40. The molecule has 1 aromatic rings. The lowest BCUT2D eigenvalue weighted by molar-refractivity contribution is -0.00862. The first-order chi connectivity index (χ1) is 10.9. The summed E-state index contributed by atoms with van der Waals surface area (Å²) in [4.78, 5) is 0. The summed E-state index contributed by atoms with van der Waals surface area (Å²) < 4.78 is 6.46. The Morgan fingerprint density at radius 3 is 2.41 bits per heavy atom. The predicted octanol–water partition coefficient (Wildman–Crippen LogP) is 4.80. The Labute approximate surface area is 135 Å². The third kappa shape index (κ3) is 4.82. The van der Waals surface area contributed by atoms with Crippen molar-refractivity contribution in [1.29, 1.82) is 0 Å². The molecule has 0 saturated carbocycles. The molecule has 2 aliphatic rings. The first-order valence-corrected chi connectivity index (χ1v) is 8.71. The molecule has 1 unspecified atom stereocenters.